The summed E-state index contributed by atoms with van der Waals surface area (Å²) >= 11 is 0. The van der Waals surface area contributed by atoms with E-state index in [0.29, 0.717) is 51.9 Å². The summed E-state index contributed by atoms with van der Waals surface area (Å²) in [4.78, 5) is 64.6. The molecule has 0 heterocycles. The number of amides is 2. The zero-order valence-electron chi connectivity index (χ0n) is 54.1. The standard InChI is InChI=1S/C57H114N2O15Si6/c1-23-49(61)67-30-31-68-50(62)34-47-35-53(3,4)40-56(8,36-47)41-58-51(63)69-44-57(42-65-28-24-32-79(21,71-75(9,10)11)72-76(12,13)14,43-66-29-25-33-80(22,73-77(15,16)17)74-78(18,19)20)45-70-52(64)59-48-37-54(5,6)39-55(7,38-48)27-26-46(2)60/h23,47-48H,1,24-45H2,2-22H3,(H,58,63)(H,59,64). The van der Waals surface area contributed by atoms with E-state index >= 15 is 0 Å². The molecule has 2 fully saturated rings. The summed E-state index contributed by atoms with van der Waals surface area (Å²) in [5.74, 6) is -0.795. The molecule has 2 rings (SSSR count). The predicted molar refractivity (Wildman–Crippen MR) is 333 cm³/mol. The summed E-state index contributed by atoms with van der Waals surface area (Å²) in [6.45, 7) is 49.4. The van der Waals surface area contributed by atoms with Gasteiger partial charge in [0.15, 0.2) is 33.3 Å². The normalized spacial score (nSPS) is 22.0. The molecule has 0 aromatic heterocycles. The van der Waals surface area contributed by atoms with Gasteiger partial charge in [0.05, 0.1) is 18.6 Å². The summed E-state index contributed by atoms with van der Waals surface area (Å²) in [7, 11) is -12.9. The SMILES string of the molecule is C=CC(=O)OCCOC(=O)CC1CC(C)(C)CC(C)(CNC(=O)OCC(COCCC[Si](C)(O[Si](C)(C)C)O[Si](C)(C)C)(COCCC[Si](C)(O[Si](C)(C)C)O[Si](C)(C)C)COC(=O)NC2CC(C)(C)CC(C)(CCC(C)=O)C2)C1. The number of esters is 2. The number of Topliss-reactive ketones (excluding diaryl/α,β-unsaturated/α-hetero) is 1. The molecule has 466 valence electrons. The van der Waals surface area contributed by atoms with Gasteiger partial charge >= 0.3 is 41.2 Å². The van der Waals surface area contributed by atoms with Gasteiger partial charge in [0, 0.05) is 44.7 Å². The number of ether oxygens (including phenoxy) is 6. The highest BCUT2D eigenvalue weighted by Crippen LogP contribution is 2.50. The topological polar surface area (TPSA) is 202 Å². The lowest BCUT2D eigenvalue weighted by Gasteiger charge is -2.47. The van der Waals surface area contributed by atoms with Crippen molar-refractivity contribution in [1.82, 2.24) is 10.6 Å². The maximum absolute atomic E-state index is 14.1. The van der Waals surface area contributed by atoms with Crippen LogP contribution < -0.4 is 10.6 Å². The van der Waals surface area contributed by atoms with Gasteiger partial charge in [-0.15, -0.1) is 0 Å². The summed E-state index contributed by atoms with van der Waals surface area (Å²) in [5, 5.41) is 6.24. The third-order valence-electron chi connectivity index (χ3n) is 14.0. The lowest BCUT2D eigenvalue weighted by molar-refractivity contribution is -0.151. The molecule has 2 aliphatic rings. The molecule has 0 aliphatic heterocycles. The maximum Gasteiger partial charge on any atom is 0.407 e. The first-order valence-electron chi connectivity index (χ1n) is 29.5. The van der Waals surface area contributed by atoms with E-state index in [-0.39, 0.29) is 91.4 Å². The van der Waals surface area contributed by atoms with Gasteiger partial charge < -0.3 is 60.3 Å². The Morgan fingerprint density at radius 1 is 0.562 bits per heavy atom. The zero-order valence-corrected chi connectivity index (χ0v) is 60.1. The van der Waals surface area contributed by atoms with Gasteiger partial charge in [-0.1, -0.05) is 48.1 Å². The molecule has 0 aromatic rings. The Morgan fingerprint density at radius 3 is 1.48 bits per heavy atom. The molecule has 4 unspecified atom stereocenters. The van der Waals surface area contributed by atoms with Crippen LogP contribution in [0, 0.1) is 33.0 Å². The van der Waals surface area contributed by atoms with Crippen LogP contribution in [0.25, 0.3) is 0 Å². The van der Waals surface area contributed by atoms with E-state index in [1.165, 1.54) is 0 Å². The highest BCUT2D eigenvalue weighted by molar-refractivity contribution is 6.88. The van der Waals surface area contributed by atoms with Crippen LogP contribution in [0.4, 0.5) is 9.59 Å². The Kier molecular flexibility index (Phi) is 28.6. The third kappa shape index (κ3) is 32.3. The number of hydrogen-bond acceptors (Lipinski definition) is 15. The quantitative estimate of drug-likeness (QED) is 0.0197. The molecule has 2 amide bonds. The molecule has 2 aliphatic carbocycles. The molecule has 2 saturated carbocycles. The maximum atomic E-state index is 14.1. The van der Waals surface area contributed by atoms with E-state index in [4.69, 9.17) is 44.9 Å². The molecule has 80 heavy (non-hydrogen) atoms. The van der Waals surface area contributed by atoms with Crippen molar-refractivity contribution in [2.45, 2.75) is 229 Å². The van der Waals surface area contributed by atoms with Crippen LogP contribution in [0.5, 0.6) is 0 Å². The van der Waals surface area contributed by atoms with Crippen molar-refractivity contribution in [3.8, 4) is 0 Å². The van der Waals surface area contributed by atoms with E-state index in [1.807, 2.05) is 0 Å². The number of nitrogens with one attached hydrogen (secondary N) is 2. The Morgan fingerprint density at radius 2 is 1.01 bits per heavy atom. The first-order chi connectivity index (χ1) is 36.3. The molecule has 2 N–H and O–H groups in total. The third-order valence-corrected chi connectivity index (χ3v) is 33.2. The van der Waals surface area contributed by atoms with Crippen LogP contribution in [-0.4, -0.2) is 146 Å². The van der Waals surface area contributed by atoms with Gasteiger partial charge in [0.25, 0.3) is 0 Å². The Labute approximate surface area is 491 Å². The minimum Gasteiger partial charge on any atom is -0.462 e. The van der Waals surface area contributed by atoms with Crippen molar-refractivity contribution in [3.63, 3.8) is 0 Å². The second-order valence-electron chi connectivity index (χ2n) is 30.3. The fourth-order valence-corrected chi connectivity index (χ4v) is 37.8. The summed E-state index contributed by atoms with van der Waals surface area (Å²) in [6.07, 6.45) is 7.30. The fraction of sp³-hybridized carbons (Fsp3) is 0.877. The largest absolute Gasteiger partial charge is 0.462 e. The van der Waals surface area contributed by atoms with Gasteiger partial charge in [0.1, 0.15) is 32.2 Å². The average molecular weight is 1240 g/mol. The van der Waals surface area contributed by atoms with Gasteiger partial charge in [-0.05, 0) is 196 Å². The van der Waals surface area contributed by atoms with Crippen LogP contribution in [0.3, 0.4) is 0 Å². The first kappa shape index (κ1) is 74.1. The van der Waals surface area contributed by atoms with Crippen molar-refractivity contribution in [2.75, 3.05) is 59.4 Å². The van der Waals surface area contributed by atoms with Gasteiger partial charge in [-0.3, -0.25) is 4.79 Å². The molecule has 17 nitrogen and oxygen atoms in total. The number of alkyl carbamates (subject to hydrolysis) is 2. The van der Waals surface area contributed by atoms with Crippen LogP contribution in [0.2, 0.25) is 104 Å². The Bertz CT molecular complexity index is 1920. The van der Waals surface area contributed by atoms with Crippen molar-refractivity contribution >= 4 is 80.3 Å². The van der Waals surface area contributed by atoms with Crippen LogP contribution >= 0.6 is 0 Å². The first-order valence-corrected chi connectivity index (χ1v) is 48.2. The molecular formula is C57H114N2O15Si6. The van der Waals surface area contributed by atoms with E-state index < -0.39 is 74.0 Å². The lowest BCUT2D eigenvalue weighted by Crippen LogP contribution is -2.52. The fourth-order valence-electron chi connectivity index (χ4n) is 12.8. The average Bonchev–Trinajstić information content (AvgIpc) is 3.23. The number of ketones is 1. The summed E-state index contributed by atoms with van der Waals surface area (Å²) in [6, 6.07) is 1.29. The van der Waals surface area contributed by atoms with Crippen LogP contribution in [-0.2, 0) is 59.3 Å². The Balaban J connectivity index is 2.48. The summed E-state index contributed by atoms with van der Waals surface area (Å²) < 4.78 is 63.2. The smallest absolute Gasteiger partial charge is 0.407 e. The molecule has 0 saturated heterocycles. The van der Waals surface area contributed by atoms with Crippen molar-refractivity contribution in [3.05, 3.63) is 12.7 Å². The van der Waals surface area contributed by atoms with Gasteiger partial charge in [-0.25, -0.2) is 14.4 Å². The molecule has 23 heteroatoms. The van der Waals surface area contributed by atoms with Gasteiger partial charge in [-0.2, -0.15) is 0 Å². The molecule has 0 spiro atoms. The minimum atomic E-state index is -2.58. The van der Waals surface area contributed by atoms with Gasteiger partial charge in [0.2, 0.25) is 0 Å². The summed E-state index contributed by atoms with van der Waals surface area (Å²) in [5.41, 5.74) is -1.85. The monoisotopic (exact) mass is 1230 g/mol. The number of rotatable bonds is 36. The highest BCUT2D eigenvalue weighted by Gasteiger charge is 2.46. The zero-order chi connectivity index (χ0) is 61.3. The Hall–Kier alpha value is -2.05. The second kappa shape index (κ2) is 30.9. The molecule has 0 bridgehead atoms. The van der Waals surface area contributed by atoms with E-state index in [1.54, 1.807) is 6.92 Å². The minimum absolute atomic E-state index is 0.00141. The molecular weight excluding hydrogens is 1120 g/mol. The lowest BCUT2D eigenvalue weighted by atomic mass is 9.60. The molecule has 0 aromatic carbocycles. The van der Waals surface area contributed by atoms with E-state index in [0.717, 1.165) is 50.3 Å². The number of carbonyl (C=O) groups is 5. The van der Waals surface area contributed by atoms with Crippen LogP contribution in [0.1, 0.15) is 119 Å². The molecule has 4 atom stereocenters. The van der Waals surface area contributed by atoms with E-state index in [2.05, 4.69) is 150 Å². The second-order valence-corrected chi connectivity index (χ2v) is 56.0. The highest BCUT2D eigenvalue weighted by atomic mass is 28.5. The van der Waals surface area contributed by atoms with Crippen LogP contribution in [0.15, 0.2) is 12.7 Å². The predicted octanol–water partition coefficient (Wildman–Crippen LogP) is 13.2. The molecule has 0 radical (unpaired) electrons. The number of hydrogen-bond donors (Lipinski definition) is 2. The van der Waals surface area contributed by atoms with Crippen molar-refractivity contribution in [2.24, 2.45) is 33.0 Å². The van der Waals surface area contributed by atoms with Crippen molar-refractivity contribution in [1.29, 1.82) is 0 Å². The number of carbonyl (C=O) groups excluding carboxylic acids is 5. The van der Waals surface area contributed by atoms with E-state index in [9.17, 15) is 24.0 Å². The van der Waals surface area contributed by atoms with Crippen molar-refractivity contribution < 1.29 is 68.9 Å².